The van der Waals surface area contributed by atoms with Crippen LogP contribution in [0.3, 0.4) is 0 Å². The van der Waals surface area contributed by atoms with Gasteiger partial charge in [0.1, 0.15) is 0 Å². The van der Waals surface area contributed by atoms with E-state index in [1.165, 1.54) is 131 Å². The lowest BCUT2D eigenvalue weighted by atomic mass is 9.70. The van der Waals surface area contributed by atoms with E-state index in [1.807, 2.05) is 11.3 Å². The fourth-order valence-corrected chi connectivity index (χ4v) is 12.8. The van der Waals surface area contributed by atoms with Gasteiger partial charge in [0.05, 0.1) is 5.41 Å². The summed E-state index contributed by atoms with van der Waals surface area (Å²) >= 11 is 1.86. The van der Waals surface area contributed by atoms with Crippen molar-refractivity contribution in [1.29, 1.82) is 0 Å². The fraction of sp³-hybridized carbons (Fsp3) is 0.0149. The third kappa shape index (κ3) is 5.93. The standard InChI is InChI=1S/C67H42S/c1-5-30-60-55(25-1)56-26-2-6-31-61(56)67(60)62-32-7-3-28-58(62)66-54(29-14-33-63(66)67)53-24-13-23-51(41-53)49-21-11-19-47(39-49)45-17-9-15-43(37-45)44-16-10-18-46(38-44)48-20-12-22-50(40-48)52-35-36-65-59(42-52)57-27-4-8-34-64(57)68-65/h1-42H. The molecule has 316 valence electrons. The van der Waals surface area contributed by atoms with Crippen molar-refractivity contribution in [3.63, 3.8) is 0 Å². The number of benzene rings is 11. The monoisotopic (exact) mass is 878 g/mol. The second kappa shape index (κ2) is 15.4. The number of hydrogen-bond donors (Lipinski definition) is 0. The van der Waals surface area contributed by atoms with Gasteiger partial charge in [-0.2, -0.15) is 0 Å². The zero-order chi connectivity index (χ0) is 44.8. The normalized spacial score (nSPS) is 12.8. The number of rotatable bonds is 6. The minimum absolute atomic E-state index is 0.363. The van der Waals surface area contributed by atoms with Crippen LogP contribution in [0, 0.1) is 0 Å². The summed E-state index contributed by atoms with van der Waals surface area (Å²) in [4.78, 5) is 0. The molecule has 12 aromatic rings. The molecule has 1 aromatic heterocycles. The smallest absolute Gasteiger partial charge is 0.0725 e. The molecule has 0 radical (unpaired) electrons. The van der Waals surface area contributed by atoms with Gasteiger partial charge in [-0.3, -0.25) is 0 Å². The van der Waals surface area contributed by atoms with Gasteiger partial charge in [0.25, 0.3) is 0 Å². The molecular formula is C67H42S. The molecule has 1 heteroatoms. The van der Waals surface area contributed by atoms with Crippen molar-refractivity contribution in [3.05, 3.63) is 277 Å². The first kappa shape index (κ1) is 38.9. The van der Waals surface area contributed by atoms with Crippen LogP contribution in [-0.2, 0) is 5.41 Å². The Kier molecular flexibility index (Phi) is 8.78. The predicted octanol–water partition coefficient (Wildman–Crippen LogP) is 18.4. The predicted molar refractivity (Wildman–Crippen MR) is 288 cm³/mol. The first-order valence-electron chi connectivity index (χ1n) is 23.6. The molecule has 0 aliphatic heterocycles. The minimum atomic E-state index is -0.363. The number of hydrogen-bond acceptors (Lipinski definition) is 1. The molecule has 0 bridgehead atoms. The fourth-order valence-electron chi connectivity index (χ4n) is 11.7. The highest BCUT2D eigenvalue weighted by molar-refractivity contribution is 7.25. The molecule has 1 spiro atoms. The van der Waals surface area contributed by atoms with Crippen LogP contribution in [0.1, 0.15) is 22.3 Å². The summed E-state index contributed by atoms with van der Waals surface area (Å²) in [7, 11) is 0. The molecule has 0 unspecified atom stereocenters. The number of thiophene rings is 1. The first-order chi connectivity index (χ1) is 33.7. The van der Waals surface area contributed by atoms with Crippen molar-refractivity contribution >= 4 is 31.5 Å². The quantitative estimate of drug-likeness (QED) is 0.156. The molecule has 0 N–H and O–H groups in total. The van der Waals surface area contributed by atoms with E-state index < -0.39 is 0 Å². The Morgan fingerprint density at radius 2 is 0.574 bits per heavy atom. The Bertz CT molecular complexity index is 3950. The maximum atomic E-state index is 2.39. The molecule has 14 rings (SSSR count). The lowest BCUT2D eigenvalue weighted by molar-refractivity contribution is 0.794. The zero-order valence-electron chi connectivity index (χ0n) is 37.2. The lowest BCUT2D eigenvalue weighted by Crippen LogP contribution is -2.25. The maximum Gasteiger partial charge on any atom is 0.0725 e. The van der Waals surface area contributed by atoms with Gasteiger partial charge in [-0.15, -0.1) is 11.3 Å². The van der Waals surface area contributed by atoms with Crippen LogP contribution < -0.4 is 0 Å². The summed E-state index contributed by atoms with van der Waals surface area (Å²) in [5.41, 5.74) is 25.0. The van der Waals surface area contributed by atoms with Gasteiger partial charge in [-0.1, -0.05) is 206 Å². The summed E-state index contributed by atoms with van der Waals surface area (Å²) in [6, 6.07) is 94.9. The van der Waals surface area contributed by atoms with Crippen molar-refractivity contribution in [1.82, 2.24) is 0 Å². The highest BCUT2D eigenvalue weighted by Gasteiger charge is 2.51. The third-order valence-electron chi connectivity index (χ3n) is 14.7. The second-order valence-corrected chi connectivity index (χ2v) is 19.4. The molecule has 68 heavy (non-hydrogen) atoms. The maximum absolute atomic E-state index is 2.39. The molecule has 0 fully saturated rings. The largest absolute Gasteiger partial charge is 0.135 e. The molecule has 0 saturated carbocycles. The molecule has 0 atom stereocenters. The number of fused-ring (bicyclic) bond motifs is 13. The van der Waals surface area contributed by atoms with Gasteiger partial charge < -0.3 is 0 Å². The van der Waals surface area contributed by atoms with Gasteiger partial charge in [-0.05, 0) is 160 Å². The Balaban J connectivity index is 0.792. The van der Waals surface area contributed by atoms with Crippen LogP contribution in [0.2, 0.25) is 0 Å². The topological polar surface area (TPSA) is 0 Å². The van der Waals surface area contributed by atoms with Gasteiger partial charge in [-0.25, -0.2) is 0 Å². The van der Waals surface area contributed by atoms with Crippen molar-refractivity contribution in [2.75, 3.05) is 0 Å². The van der Waals surface area contributed by atoms with Crippen LogP contribution in [-0.4, -0.2) is 0 Å². The minimum Gasteiger partial charge on any atom is -0.135 e. The average molecular weight is 879 g/mol. The van der Waals surface area contributed by atoms with Crippen molar-refractivity contribution < 1.29 is 0 Å². The zero-order valence-corrected chi connectivity index (χ0v) is 38.0. The van der Waals surface area contributed by atoms with Gasteiger partial charge in [0.15, 0.2) is 0 Å². The highest BCUT2D eigenvalue weighted by atomic mass is 32.1. The molecule has 1 heterocycles. The van der Waals surface area contributed by atoms with E-state index in [9.17, 15) is 0 Å². The average Bonchev–Trinajstić information content (AvgIpc) is 4.05. The molecular weight excluding hydrogens is 837 g/mol. The summed E-state index contributed by atoms with van der Waals surface area (Å²) in [5.74, 6) is 0. The van der Waals surface area contributed by atoms with Crippen LogP contribution >= 0.6 is 11.3 Å². The van der Waals surface area contributed by atoms with E-state index in [-0.39, 0.29) is 5.41 Å². The Labute approximate surface area is 400 Å². The SMILES string of the molecule is c1cc(-c2cccc(-c3cccc(-c4ccc5sc6ccccc6c5c4)c3)c2)cc(-c2cccc(-c3cccc(-c4cccc5c4-c4ccccc4C54c5ccccc5-c5ccccc54)c3)c2)c1. The van der Waals surface area contributed by atoms with Gasteiger partial charge >= 0.3 is 0 Å². The van der Waals surface area contributed by atoms with E-state index in [0.717, 1.165) is 0 Å². The lowest BCUT2D eigenvalue weighted by Gasteiger charge is -2.30. The van der Waals surface area contributed by atoms with Gasteiger partial charge in [0.2, 0.25) is 0 Å². The molecule has 0 saturated heterocycles. The van der Waals surface area contributed by atoms with Crippen molar-refractivity contribution in [2.45, 2.75) is 5.41 Å². The summed E-state index contributed by atoms with van der Waals surface area (Å²) in [5, 5.41) is 2.65. The summed E-state index contributed by atoms with van der Waals surface area (Å²) in [6.45, 7) is 0. The van der Waals surface area contributed by atoms with Gasteiger partial charge in [0, 0.05) is 20.2 Å². The Morgan fingerprint density at radius 1 is 0.221 bits per heavy atom. The van der Waals surface area contributed by atoms with Crippen molar-refractivity contribution in [3.8, 4) is 89.0 Å². The van der Waals surface area contributed by atoms with Crippen molar-refractivity contribution in [2.24, 2.45) is 0 Å². The Hall–Kier alpha value is -8.36. The highest BCUT2D eigenvalue weighted by Crippen LogP contribution is 2.64. The van der Waals surface area contributed by atoms with E-state index in [4.69, 9.17) is 0 Å². The molecule has 2 aliphatic rings. The van der Waals surface area contributed by atoms with E-state index in [0.29, 0.717) is 0 Å². The summed E-state index contributed by atoms with van der Waals surface area (Å²) < 4.78 is 2.66. The van der Waals surface area contributed by atoms with E-state index in [2.05, 4.69) is 255 Å². The third-order valence-corrected chi connectivity index (χ3v) is 15.8. The van der Waals surface area contributed by atoms with Crippen LogP contribution in [0.15, 0.2) is 255 Å². The first-order valence-corrected chi connectivity index (χ1v) is 24.4. The summed E-state index contributed by atoms with van der Waals surface area (Å²) in [6.07, 6.45) is 0. The van der Waals surface area contributed by atoms with E-state index >= 15 is 0 Å². The molecule has 0 amide bonds. The van der Waals surface area contributed by atoms with Crippen LogP contribution in [0.5, 0.6) is 0 Å². The van der Waals surface area contributed by atoms with Crippen LogP contribution in [0.4, 0.5) is 0 Å². The Morgan fingerprint density at radius 3 is 1.10 bits per heavy atom. The molecule has 2 aliphatic carbocycles. The molecule has 11 aromatic carbocycles. The van der Waals surface area contributed by atoms with Crippen LogP contribution in [0.25, 0.3) is 109 Å². The second-order valence-electron chi connectivity index (χ2n) is 18.3. The van der Waals surface area contributed by atoms with E-state index in [1.54, 1.807) is 0 Å². The molecule has 0 nitrogen and oxygen atoms in total.